The summed E-state index contributed by atoms with van der Waals surface area (Å²) in [7, 11) is 5.21. The second-order valence-electron chi connectivity index (χ2n) is 27.3. The first-order chi connectivity index (χ1) is 37.1. The van der Waals surface area contributed by atoms with Crippen LogP contribution in [-0.4, -0.2) is 205 Å². The number of likely N-dealkylation sites (N-methyl/N-ethyl adjacent to an activating group) is 1. The highest BCUT2D eigenvalue weighted by Crippen LogP contribution is 2.70. The van der Waals surface area contributed by atoms with Gasteiger partial charge in [0.2, 0.25) is 0 Å². The van der Waals surface area contributed by atoms with E-state index in [1.165, 1.54) is 26.2 Å². The fourth-order valence-electron chi connectivity index (χ4n) is 16.4. The SMILES string of the molecule is CC[C@H]1OC(=O)[C@H](C)[C@@H](O[C@@H]2C[C@](C)(OC)[C@H](O)C(C)O2)[C@H](C)[C@@H](O[C@@H]2O[C@H](C)C[C@@H](N(C)C)[C@H]2O)[C@](C)(O)C[C@@H](C)CN(CCCCC(=O)[C@@]2(O)CCC3C4CCC5=CC(=O)C=C[C@]5(C)[C@@]4(F)[C@@H](O)C[C@@]32C)[C@H](C)[C@@H](O)[C@]1(C)O. The second-order valence-corrected chi connectivity index (χ2v) is 27.3. The zero-order valence-electron chi connectivity index (χ0n) is 50.6. The molecule has 6 fully saturated rings. The molecule has 0 spiro atoms. The number of carbonyl (C=O) groups excluding carboxylic acids is 3. The molecule has 458 valence electrons. The number of aliphatic hydroxyl groups excluding tert-OH is 4. The van der Waals surface area contributed by atoms with Gasteiger partial charge in [0.25, 0.3) is 0 Å². The molecule has 0 radical (unpaired) electrons. The molecule has 0 aromatic heterocycles. The topological polar surface area (TPSA) is 255 Å². The number of ketones is 2. The lowest BCUT2D eigenvalue weighted by Crippen LogP contribution is -2.69. The second kappa shape index (κ2) is 24.2. The van der Waals surface area contributed by atoms with Crippen molar-refractivity contribution in [2.75, 3.05) is 34.3 Å². The largest absolute Gasteiger partial charge is 0.459 e. The zero-order chi connectivity index (χ0) is 59.6. The number of esters is 1. The predicted molar refractivity (Wildman–Crippen MR) is 295 cm³/mol. The van der Waals surface area contributed by atoms with Crippen LogP contribution in [0, 0.1) is 40.4 Å². The number of halogens is 1. The number of alkyl halides is 1. The summed E-state index contributed by atoms with van der Waals surface area (Å²) >= 11 is 0. The number of unbranched alkanes of at least 4 members (excludes halogenated alkanes) is 1. The summed E-state index contributed by atoms with van der Waals surface area (Å²) in [5.41, 5.74) is -10.4. The summed E-state index contributed by atoms with van der Waals surface area (Å²) in [5, 5.41) is 85.1. The van der Waals surface area contributed by atoms with E-state index < -0.39 is 130 Å². The molecule has 7 N–H and O–H groups in total. The van der Waals surface area contributed by atoms with Crippen molar-refractivity contribution in [2.24, 2.45) is 40.4 Å². The standard InChI is InChI=1S/C61H101FN2O16/c1-16-46-59(12,73)50(69)37(6)64(26-18-17-19-44(66)60(74)25-23-41-42-21-20-39-28-40(65)22-24-55(39,8)61(42,62)45(67)30-56(41,60)9)32-33(2)29-57(10,72)52(80-54-48(68)43(63(13)14)27-34(3)76-54)35(4)49(36(5)53(71)78-46)79-47-31-58(11,75-15)51(70)38(7)77-47/h22,24,28,33-38,41-43,45-52,54,67-70,72-74H,16-21,23,25-27,29-32H2,1-15H3/t33-,34-,35+,36-,37-,38?,41?,42?,43-,45+,46-,47-,48-,49+,50-,51-,52-,54+,55+,56+,57-,58+,59-,60+,61+/m1/s1. The van der Waals surface area contributed by atoms with E-state index in [1.54, 1.807) is 61.5 Å². The number of nitrogens with zero attached hydrogens (tertiary/aromatic N) is 2. The number of hydrogen-bond acceptors (Lipinski definition) is 18. The van der Waals surface area contributed by atoms with E-state index in [-0.39, 0.29) is 80.6 Å². The summed E-state index contributed by atoms with van der Waals surface area (Å²) in [5.74, 6) is -4.71. The third-order valence-corrected chi connectivity index (χ3v) is 21.4. The highest BCUT2D eigenvalue weighted by Gasteiger charge is 2.74. The minimum atomic E-state index is -2.09. The molecule has 7 rings (SSSR count). The van der Waals surface area contributed by atoms with Gasteiger partial charge in [-0.1, -0.05) is 39.3 Å². The van der Waals surface area contributed by atoms with Crippen LogP contribution in [0.2, 0.25) is 0 Å². The van der Waals surface area contributed by atoms with Gasteiger partial charge in [0.15, 0.2) is 29.8 Å². The fraction of sp³-hybridized carbons (Fsp3) is 0.885. The van der Waals surface area contributed by atoms with Gasteiger partial charge in [-0.05, 0) is 164 Å². The van der Waals surface area contributed by atoms with Gasteiger partial charge in [0.1, 0.15) is 35.6 Å². The summed E-state index contributed by atoms with van der Waals surface area (Å²) in [6.45, 7) is 21.4. The van der Waals surface area contributed by atoms with E-state index in [2.05, 4.69) is 0 Å². The zero-order valence-corrected chi connectivity index (χ0v) is 50.6. The summed E-state index contributed by atoms with van der Waals surface area (Å²) in [6, 6.07) is -1.13. The van der Waals surface area contributed by atoms with E-state index in [4.69, 9.17) is 28.4 Å². The van der Waals surface area contributed by atoms with Crippen LogP contribution in [0.4, 0.5) is 4.39 Å². The normalized spacial score (nSPS) is 49.9. The number of fused-ring (bicyclic) bond motifs is 5. The van der Waals surface area contributed by atoms with Crippen LogP contribution in [0.25, 0.3) is 0 Å². The molecule has 80 heavy (non-hydrogen) atoms. The summed E-state index contributed by atoms with van der Waals surface area (Å²) in [6.07, 6.45) is -4.70. The lowest BCUT2D eigenvalue weighted by Gasteiger charge is -2.62. The molecule has 3 saturated heterocycles. The molecule has 0 aromatic carbocycles. The number of Topliss-reactive ketones (excluding diaryl/α,β-unsaturated/α-hetero) is 1. The Morgan fingerprint density at radius 1 is 0.887 bits per heavy atom. The minimum absolute atomic E-state index is 0.00673. The lowest BCUT2D eigenvalue weighted by atomic mass is 9.44. The first kappa shape index (κ1) is 65.2. The number of carbonyl (C=O) groups is 3. The molecular weight excluding hydrogens is 1040 g/mol. The fourth-order valence-corrected chi connectivity index (χ4v) is 16.4. The molecular formula is C61H101FN2O16. The average molecular weight is 1140 g/mol. The lowest BCUT2D eigenvalue weighted by molar-refractivity contribution is -0.318. The first-order valence-corrected chi connectivity index (χ1v) is 29.9. The van der Waals surface area contributed by atoms with E-state index in [1.807, 2.05) is 44.7 Å². The van der Waals surface area contributed by atoms with Crippen molar-refractivity contribution in [2.45, 2.75) is 268 Å². The van der Waals surface area contributed by atoms with Gasteiger partial charge < -0.3 is 69.1 Å². The Labute approximate surface area is 475 Å². The van der Waals surface area contributed by atoms with Crippen molar-refractivity contribution in [3.8, 4) is 0 Å². The molecule has 3 heterocycles. The van der Waals surface area contributed by atoms with E-state index in [0.29, 0.717) is 50.6 Å². The third-order valence-electron chi connectivity index (χ3n) is 21.4. The molecule has 25 atom stereocenters. The van der Waals surface area contributed by atoms with Crippen LogP contribution in [-0.2, 0) is 42.8 Å². The van der Waals surface area contributed by atoms with Gasteiger partial charge >= 0.3 is 5.97 Å². The highest BCUT2D eigenvalue weighted by molar-refractivity contribution is 6.01. The van der Waals surface area contributed by atoms with Gasteiger partial charge in [0, 0.05) is 61.2 Å². The summed E-state index contributed by atoms with van der Waals surface area (Å²) in [4.78, 5) is 45.5. The Bertz CT molecular complexity index is 2270. The van der Waals surface area contributed by atoms with Gasteiger partial charge in [-0.3, -0.25) is 19.3 Å². The van der Waals surface area contributed by atoms with Crippen LogP contribution in [0.1, 0.15) is 160 Å². The van der Waals surface area contributed by atoms with Crippen LogP contribution >= 0.6 is 0 Å². The number of aliphatic hydroxyl groups is 7. The first-order valence-electron chi connectivity index (χ1n) is 29.9. The van der Waals surface area contributed by atoms with Crippen LogP contribution in [0.15, 0.2) is 23.8 Å². The van der Waals surface area contributed by atoms with E-state index in [9.17, 15) is 50.1 Å². The summed E-state index contributed by atoms with van der Waals surface area (Å²) < 4.78 is 56.1. The Balaban J connectivity index is 1.15. The number of cyclic esters (lactones) is 1. The molecule has 3 unspecified atom stereocenters. The van der Waals surface area contributed by atoms with Crippen molar-refractivity contribution >= 4 is 17.5 Å². The van der Waals surface area contributed by atoms with Gasteiger partial charge in [-0.25, -0.2) is 4.39 Å². The molecule has 4 aliphatic carbocycles. The predicted octanol–water partition coefficient (Wildman–Crippen LogP) is 5.11. The van der Waals surface area contributed by atoms with Crippen LogP contribution in [0.5, 0.6) is 0 Å². The van der Waals surface area contributed by atoms with Crippen molar-refractivity contribution in [1.29, 1.82) is 0 Å². The molecule has 3 saturated carbocycles. The van der Waals surface area contributed by atoms with Crippen LogP contribution < -0.4 is 0 Å². The molecule has 7 aliphatic rings. The van der Waals surface area contributed by atoms with E-state index >= 15 is 4.39 Å². The molecule has 0 bridgehead atoms. The number of allylic oxidation sites excluding steroid dienone is 4. The maximum Gasteiger partial charge on any atom is 0.311 e. The van der Waals surface area contributed by atoms with Gasteiger partial charge in [0.05, 0.1) is 47.6 Å². The maximum atomic E-state index is 17.8. The Kier molecular flexibility index (Phi) is 19.7. The molecule has 0 amide bonds. The molecule has 0 aromatic rings. The molecule has 19 heteroatoms. The molecule has 18 nitrogen and oxygen atoms in total. The maximum absolute atomic E-state index is 17.8. The quantitative estimate of drug-likeness (QED) is 0.0934. The van der Waals surface area contributed by atoms with Crippen LogP contribution in [0.3, 0.4) is 0 Å². The number of hydrogen-bond donors (Lipinski definition) is 7. The van der Waals surface area contributed by atoms with Crippen molar-refractivity contribution in [3.63, 3.8) is 0 Å². The third kappa shape index (κ3) is 11.7. The Hall–Kier alpha value is -2.34. The van der Waals surface area contributed by atoms with Crippen molar-refractivity contribution in [3.05, 3.63) is 23.8 Å². The molecule has 3 aliphatic heterocycles. The van der Waals surface area contributed by atoms with E-state index in [0.717, 1.165) is 0 Å². The average Bonchev–Trinajstić information content (AvgIpc) is 2.56. The number of ether oxygens (including phenoxy) is 6. The number of rotatable bonds is 13. The Morgan fingerprint density at radius 2 is 1.56 bits per heavy atom. The number of methoxy groups -OCH3 is 1. The van der Waals surface area contributed by atoms with Crippen molar-refractivity contribution < 1.29 is 82.9 Å². The monoisotopic (exact) mass is 1140 g/mol. The van der Waals surface area contributed by atoms with Crippen molar-refractivity contribution in [1.82, 2.24) is 9.80 Å². The Morgan fingerprint density at radius 3 is 2.20 bits per heavy atom. The van der Waals surface area contributed by atoms with Gasteiger partial charge in [-0.15, -0.1) is 0 Å². The highest BCUT2D eigenvalue weighted by atomic mass is 19.1. The smallest absolute Gasteiger partial charge is 0.311 e. The minimum Gasteiger partial charge on any atom is -0.459 e. The van der Waals surface area contributed by atoms with Gasteiger partial charge in [-0.2, -0.15) is 0 Å².